The van der Waals surface area contributed by atoms with Crippen LogP contribution in [0.4, 0.5) is 15.9 Å². The third-order valence-electron chi connectivity index (χ3n) is 2.09. The minimum Gasteiger partial charge on any atom is -0.336 e. The molecule has 1 N–H and O–H groups in total. The van der Waals surface area contributed by atoms with Crippen LogP contribution in [0.1, 0.15) is 5.56 Å². The summed E-state index contributed by atoms with van der Waals surface area (Å²) in [6.07, 6.45) is 1.35. The molecule has 2 aromatic rings. The van der Waals surface area contributed by atoms with E-state index in [1.54, 1.807) is 19.1 Å². The Morgan fingerprint density at radius 1 is 1.29 bits per heavy atom. The zero-order chi connectivity index (χ0) is 12.4. The molecule has 0 fully saturated rings. The quantitative estimate of drug-likeness (QED) is 0.840. The number of nitrogens with one attached hydrogen (secondary N) is 1. The predicted octanol–water partition coefficient (Wildman–Crippen LogP) is 3.97. The van der Waals surface area contributed by atoms with Gasteiger partial charge in [-0.05, 0) is 36.2 Å². The molecule has 2 rings (SSSR count). The molecule has 0 saturated heterocycles. The van der Waals surface area contributed by atoms with Crippen LogP contribution in [0.5, 0.6) is 0 Å². The molecule has 6 heteroatoms. The molecule has 0 aliphatic carbocycles. The van der Waals surface area contributed by atoms with E-state index in [1.165, 1.54) is 12.3 Å². The van der Waals surface area contributed by atoms with Crippen LogP contribution in [-0.4, -0.2) is 9.97 Å². The predicted molar refractivity (Wildman–Crippen MR) is 66.5 cm³/mol. The third-order valence-corrected chi connectivity index (χ3v) is 2.55. The number of aryl methyl sites for hydroxylation is 1. The molecule has 0 amide bonds. The van der Waals surface area contributed by atoms with E-state index in [4.69, 9.17) is 23.2 Å². The second-order valence-electron chi connectivity index (χ2n) is 3.44. The van der Waals surface area contributed by atoms with Gasteiger partial charge in [-0.3, -0.25) is 0 Å². The summed E-state index contributed by atoms with van der Waals surface area (Å²) in [5.74, 6) is -0.106. The van der Waals surface area contributed by atoms with Gasteiger partial charge in [0.1, 0.15) is 10.8 Å². The molecule has 1 aromatic heterocycles. The average Bonchev–Trinajstić information content (AvgIpc) is 2.27. The highest BCUT2D eigenvalue weighted by Gasteiger charge is 2.07. The fraction of sp³-hybridized carbons (Fsp3) is 0.0909. The molecule has 0 saturated carbocycles. The molecule has 88 valence electrons. The van der Waals surface area contributed by atoms with Crippen LogP contribution in [0.15, 0.2) is 24.4 Å². The van der Waals surface area contributed by atoms with Crippen LogP contribution in [0, 0.1) is 12.7 Å². The summed E-state index contributed by atoms with van der Waals surface area (Å²) in [7, 11) is 0. The first-order valence-corrected chi connectivity index (χ1v) is 5.53. The van der Waals surface area contributed by atoms with Crippen molar-refractivity contribution in [3.8, 4) is 0 Å². The van der Waals surface area contributed by atoms with Gasteiger partial charge >= 0.3 is 0 Å². The second-order valence-corrected chi connectivity index (χ2v) is 4.19. The van der Waals surface area contributed by atoms with E-state index in [1.807, 2.05) is 0 Å². The molecule has 0 atom stereocenters. The number of hydrogen-bond donors (Lipinski definition) is 1. The lowest BCUT2D eigenvalue weighted by atomic mass is 10.2. The number of aromatic nitrogens is 2. The van der Waals surface area contributed by atoms with E-state index in [0.717, 1.165) is 5.56 Å². The Labute approximate surface area is 108 Å². The molecule has 0 unspecified atom stereocenters. The van der Waals surface area contributed by atoms with Crippen molar-refractivity contribution < 1.29 is 4.39 Å². The van der Waals surface area contributed by atoms with E-state index in [9.17, 15) is 4.39 Å². The summed E-state index contributed by atoms with van der Waals surface area (Å²) >= 11 is 11.5. The van der Waals surface area contributed by atoms with Gasteiger partial charge in [0.25, 0.3) is 0 Å². The fourth-order valence-corrected chi connectivity index (χ4v) is 1.55. The smallest absolute Gasteiger partial charge is 0.224 e. The van der Waals surface area contributed by atoms with Gasteiger partial charge in [-0.25, -0.2) is 9.37 Å². The number of nitrogens with zero attached hydrogens (tertiary/aromatic N) is 2. The summed E-state index contributed by atoms with van der Waals surface area (Å²) in [5, 5.41) is 3.08. The van der Waals surface area contributed by atoms with Gasteiger partial charge in [0, 0.05) is 0 Å². The second kappa shape index (κ2) is 4.85. The largest absolute Gasteiger partial charge is 0.336 e. The molecule has 0 bridgehead atoms. The minimum absolute atomic E-state index is 0.0458. The number of halogens is 3. The van der Waals surface area contributed by atoms with Gasteiger partial charge in [0.15, 0.2) is 5.82 Å². The summed E-state index contributed by atoms with van der Waals surface area (Å²) in [5.41, 5.74) is 1.12. The summed E-state index contributed by atoms with van der Waals surface area (Å²) in [6.45, 7) is 1.81. The van der Waals surface area contributed by atoms with E-state index >= 15 is 0 Å². The first-order valence-electron chi connectivity index (χ1n) is 4.77. The zero-order valence-corrected chi connectivity index (χ0v) is 10.3. The lowest BCUT2D eigenvalue weighted by molar-refractivity contribution is 0.630. The topological polar surface area (TPSA) is 37.8 Å². The summed E-state index contributed by atoms with van der Waals surface area (Å²) in [4.78, 5) is 7.58. The molecular formula is C11H8Cl2FN3. The maximum Gasteiger partial charge on any atom is 0.224 e. The van der Waals surface area contributed by atoms with Gasteiger partial charge in [-0.15, -0.1) is 0 Å². The molecular weight excluding hydrogens is 264 g/mol. The molecule has 0 aliphatic rings. The standard InChI is InChI=1S/C11H8Cl2FN3/c1-6-2-3-9(8(14)4-6)16-10-7(12)5-15-11(13)17-10/h2-5H,1H3,(H,15,16,17). The Bertz CT molecular complexity index is 560. The molecule has 0 aliphatic heterocycles. The average molecular weight is 272 g/mol. The van der Waals surface area contributed by atoms with Crippen LogP contribution in [-0.2, 0) is 0 Å². The van der Waals surface area contributed by atoms with E-state index in [-0.39, 0.29) is 27.6 Å². The first-order chi connectivity index (χ1) is 8.06. The zero-order valence-electron chi connectivity index (χ0n) is 8.84. The Morgan fingerprint density at radius 2 is 2.06 bits per heavy atom. The van der Waals surface area contributed by atoms with Crippen molar-refractivity contribution in [2.75, 3.05) is 5.32 Å². The van der Waals surface area contributed by atoms with Crippen molar-refractivity contribution in [1.82, 2.24) is 9.97 Å². The Morgan fingerprint density at radius 3 is 2.76 bits per heavy atom. The number of rotatable bonds is 2. The number of anilines is 2. The number of benzene rings is 1. The normalized spacial score (nSPS) is 10.4. The highest BCUT2D eigenvalue weighted by molar-refractivity contribution is 6.33. The van der Waals surface area contributed by atoms with Gasteiger partial charge in [-0.2, -0.15) is 4.98 Å². The van der Waals surface area contributed by atoms with Crippen LogP contribution in [0.25, 0.3) is 0 Å². The van der Waals surface area contributed by atoms with E-state index in [0.29, 0.717) is 0 Å². The van der Waals surface area contributed by atoms with Gasteiger partial charge < -0.3 is 5.32 Å². The SMILES string of the molecule is Cc1ccc(Nc2nc(Cl)ncc2Cl)c(F)c1. The summed E-state index contributed by atoms with van der Waals surface area (Å²) in [6, 6.07) is 4.80. The van der Waals surface area contributed by atoms with Crippen LogP contribution in [0.3, 0.4) is 0 Å². The highest BCUT2D eigenvalue weighted by atomic mass is 35.5. The van der Waals surface area contributed by atoms with Crippen molar-refractivity contribution >= 4 is 34.7 Å². The van der Waals surface area contributed by atoms with Gasteiger partial charge in [-0.1, -0.05) is 17.7 Å². The van der Waals surface area contributed by atoms with E-state index < -0.39 is 0 Å². The van der Waals surface area contributed by atoms with Crippen LogP contribution >= 0.6 is 23.2 Å². The molecule has 0 spiro atoms. The Balaban J connectivity index is 2.34. The van der Waals surface area contributed by atoms with Crippen molar-refractivity contribution in [1.29, 1.82) is 0 Å². The molecule has 1 aromatic carbocycles. The maximum atomic E-state index is 13.6. The minimum atomic E-state index is -0.379. The van der Waals surface area contributed by atoms with Crippen molar-refractivity contribution in [3.63, 3.8) is 0 Å². The van der Waals surface area contributed by atoms with Crippen molar-refractivity contribution in [2.24, 2.45) is 0 Å². The number of hydrogen-bond acceptors (Lipinski definition) is 3. The van der Waals surface area contributed by atoms with Crippen LogP contribution in [0.2, 0.25) is 10.3 Å². The van der Waals surface area contributed by atoms with Crippen molar-refractivity contribution in [2.45, 2.75) is 6.92 Å². The lowest BCUT2D eigenvalue weighted by Crippen LogP contribution is -1.98. The van der Waals surface area contributed by atoms with Crippen LogP contribution < -0.4 is 5.32 Å². The van der Waals surface area contributed by atoms with Crippen molar-refractivity contribution in [3.05, 3.63) is 46.1 Å². The molecule has 3 nitrogen and oxygen atoms in total. The Kier molecular flexibility index (Phi) is 3.45. The monoisotopic (exact) mass is 271 g/mol. The molecule has 1 heterocycles. The Hall–Kier alpha value is -1.39. The highest BCUT2D eigenvalue weighted by Crippen LogP contribution is 2.25. The maximum absolute atomic E-state index is 13.6. The third kappa shape index (κ3) is 2.84. The molecule has 17 heavy (non-hydrogen) atoms. The van der Waals surface area contributed by atoms with Gasteiger partial charge in [0.2, 0.25) is 5.28 Å². The van der Waals surface area contributed by atoms with E-state index in [2.05, 4.69) is 15.3 Å². The first kappa shape index (κ1) is 12.1. The summed E-state index contributed by atoms with van der Waals surface area (Å²) < 4.78 is 13.6. The lowest BCUT2D eigenvalue weighted by Gasteiger charge is -2.08. The molecule has 0 radical (unpaired) electrons. The fourth-order valence-electron chi connectivity index (χ4n) is 1.28. The van der Waals surface area contributed by atoms with Gasteiger partial charge in [0.05, 0.1) is 11.9 Å².